The summed E-state index contributed by atoms with van der Waals surface area (Å²) in [5, 5.41) is 0. The van der Waals surface area contributed by atoms with Crippen LogP contribution >= 0.6 is 0 Å². The van der Waals surface area contributed by atoms with E-state index in [-0.39, 0.29) is 11.8 Å². The Labute approximate surface area is 164 Å². The van der Waals surface area contributed by atoms with Gasteiger partial charge in [0.05, 0.1) is 0 Å². The highest BCUT2D eigenvalue weighted by Crippen LogP contribution is 2.31. The van der Waals surface area contributed by atoms with E-state index in [9.17, 15) is 9.59 Å². The van der Waals surface area contributed by atoms with E-state index < -0.39 is 6.17 Å². The van der Waals surface area contributed by atoms with Crippen LogP contribution in [0.4, 0.5) is 0 Å². The van der Waals surface area contributed by atoms with Crippen LogP contribution in [0.1, 0.15) is 38.0 Å². The molecular weight excluding hydrogens is 350 g/mol. The third-order valence-electron chi connectivity index (χ3n) is 4.90. The van der Waals surface area contributed by atoms with Crippen LogP contribution in [0.3, 0.4) is 0 Å². The minimum Gasteiger partial charge on any atom is -0.317 e. The summed E-state index contributed by atoms with van der Waals surface area (Å²) in [6.07, 6.45) is 0.339. The first-order chi connectivity index (χ1) is 13.7. The second kappa shape index (κ2) is 8.06. The summed E-state index contributed by atoms with van der Waals surface area (Å²) in [6, 6.07) is 26.6. The minimum atomic E-state index is -0.403. The summed E-state index contributed by atoms with van der Waals surface area (Å²) in [6.45, 7) is 0.552. The number of rotatable bonds is 6. The topological polar surface area (TPSA) is 61.4 Å². The van der Waals surface area contributed by atoms with Crippen LogP contribution in [-0.2, 0) is 6.42 Å². The highest BCUT2D eigenvalue weighted by molar-refractivity contribution is 5.99. The fourth-order valence-corrected chi connectivity index (χ4v) is 3.45. The molecule has 4 rings (SSSR count). The maximum atomic E-state index is 12.9. The number of carbonyl (C=O) groups excluding carboxylic acids is 2. The van der Waals surface area contributed by atoms with Gasteiger partial charge in [-0.15, -0.1) is 0 Å². The lowest BCUT2D eigenvalue weighted by molar-refractivity contribution is 0.0659. The number of hydrogen-bond acceptors (Lipinski definition) is 3. The number of hydrogen-bond donors (Lipinski definition) is 2. The van der Waals surface area contributed by atoms with E-state index in [0.717, 1.165) is 12.0 Å². The first-order valence-electron chi connectivity index (χ1n) is 9.29. The van der Waals surface area contributed by atoms with Gasteiger partial charge in [-0.25, -0.2) is 5.43 Å². The predicted molar refractivity (Wildman–Crippen MR) is 107 cm³/mol. The zero-order valence-electron chi connectivity index (χ0n) is 15.3. The van der Waals surface area contributed by atoms with E-state index in [4.69, 9.17) is 0 Å². The molecule has 3 aromatic rings. The molecule has 5 heteroatoms. The van der Waals surface area contributed by atoms with Gasteiger partial charge in [0, 0.05) is 23.2 Å². The molecular formula is C23H21N3O2. The monoisotopic (exact) mass is 371 g/mol. The fourth-order valence-electron chi connectivity index (χ4n) is 3.45. The molecule has 0 radical (unpaired) electrons. The van der Waals surface area contributed by atoms with Gasteiger partial charge >= 0.3 is 0 Å². The van der Waals surface area contributed by atoms with Crippen molar-refractivity contribution in [2.45, 2.75) is 12.6 Å². The average Bonchev–Trinajstić information content (AvgIpc) is 3.03. The lowest BCUT2D eigenvalue weighted by Gasteiger charge is -2.26. The molecule has 0 bridgehead atoms. The Kier molecular flexibility index (Phi) is 5.17. The molecule has 1 atom stereocenters. The lowest BCUT2D eigenvalue weighted by atomic mass is 10.1. The molecule has 28 heavy (non-hydrogen) atoms. The first-order valence-corrected chi connectivity index (χ1v) is 9.29. The smallest absolute Gasteiger partial charge is 0.265 e. The van der Waals surface area contributed by atoms with Crippen molar-refractivity contribution in [3.63, 3.8) is 0 Å². The van der Waals surface area contributed by atoms with E-state index in [1.807, 2.05) is 72.8 Å². The molecule has 0 fully saturated rings. The van der Waals surface area contributed by atoms with Crippen molar-refractivity contribution in [3.05, 3.63) is 107 Å². The van der Waals surface area contributed by atoms with E-state index in [1.165, 1.54) is 5.56 Å². The molecule has 5 nitrogen and oxygen atoms in total. The molecule has 2 amide bonds. The van der Waals surface area contributed by atoms with Gasteiger partial charge in [0.1, 0.15) is 6.17 Å². The maximum absolute atomic E-state index is 12.9. The maximum Gasteiger partial charge on any atom is 0.265 e. The highest BCUT2D eigenvalue weighted by atomic mass is 16.2. The molecule has 0 saturated heterocycles. The van der Waals surface area contributed by atoms with E-state index in [2.05, 4.69) is 10.9 Å². The summed E-state index contributed by atoms with van der Waals surface area (Å²) in [4.78, 5) is 27.1. The molecule has 1 aliphatic heterocycles. The van der Waals surface area contributed by atoms with Gasteiger partial charge in [-0.2, -0.15) is 0 Å². The Balaban J connectivity index is 1.51. The molecule has 1 unspecified atom stereocenters. The number of carbonyl (C=O) groups is 2. The number of nitrogens with one attached hydrogen (secondary N) is 2. The number of hydrazine groups is 1. The SMILES string of the molecule is O=C(NNC1c2ccccc2C(=O)N1CCc1ccccc1)c1ccccc1. The fraction of sp³-hybridized carbons (Fsp3) is 0.130. The Bertz CT molecular complexity index is 973. The molecule has 1 aliphatic rings. The van der Waals surface area contributed by atoms with Crippen molar-refractivity contribution in [3.8, 4) is 0 Å². The molecule has 0 spiro atoms. The second-order valence-electron chi connectivity index (χ2n) is 6.69. The molecule has 1 heterocycles. The third-order valence-corrected chi connectivity index (χ3v) is 4.90. The van der Waals surface area contributed by atoms with Crippen molar-refractivity contribution >= 4 is 11.8 Å². The molecule has 0 aromatic heterocycles. The quantitative estimate of drug-likeness (QED) is 0.654. The molecule has 2 N–H and O–H groups in total. The van der Waals surface area contributed by atoms with Crippen LogP contribution in [0.15, 0.2) is 84.9 Å². The Hall–Kier alpha value is -3.44. The largest absolute Gasteiger partial charge is 0.317 e. The van der Waals surface area contributed by atoms with Crippen molar-refractivity contribution in [2.24, 2.45) is 0 Å². The van der Waals surface area contributed by atoms with Crippen LogP contribution in [0.2, 0.25) is 0 Å². The van der Waals surface area contributed by atoms with E-state index >= 15 is 0 Å². The predicted octanol–water partition coefficient (Wildman–Crippen LogP) is 3.32. The number of amides is 2. The minimum absolute atomic E-state index is 0.0296. The lowest BCUT2D eigenvalue weighted by Crippen LogP contribution is -2.46. The van der Waals surface area contributed by atoms with E-state index in [1.54, 1.807) is 17.0 Å². The summed E-state index contributed by atoms with van der Waals surface area (Å²) >= 11 is 0. The zero-order valence-corrected chi connectivity index (χ0v) is 15.3. The van der Waals surface area contributed by atoms with Gasteiger partial charge in [0.25, 0.3) is 11.8 Å². The van der Waals surface area contributed by atoms with Crippen LogP contribution in [0.5, 0.6) is 0 Å². The summed E-state index contributed by atoms with van der Waals surface area (Å²) in [7, 11) is 0. The van der Waals surface area contributed by atoms with Crippen molar-refractivity contribution in [1.29, 1.82) is 0 Å². The molecule has 140 valence electrons. The molecule has 3 aromatic carbocycles. The van der Waals surface area contributed by atoms with Crippen LogP contribution in [0.25, 0.3) is 0 Å². The molecule has 0 saturated carbocycles. The Morgan fingerprint density at radius 1 is 0.857 bits per heavy atom. The van der Waals surface area contributed by atoms with Gasteiger partial charge < -0.3 is 4.90 Å². The van der Waals surface area contributed by atoms with E-state index in [0.29, 0.717) is 17.7 Å². The van der Waals surface area contributed by atoms with Gasteiger partial charge in [-0.3, -0.25) is 15.0 Å². The second-order valence-corrected chi connectivity index (χ2v) is 6.69. The van der Waals surface area contributed by atoms with Gasteiger partial charge in [-0.05, 0) is 30.2 Å². The van der Waals surface area contributed by atoms with Crippen LogP contribution in [0, 0.1) is 0 Å². The van der Waals surface area contributed by atoms with Crippen LogP contribution < -0.4 is 10.9 Å². The van der Waals surface area contributed by atoms with Gasteiger partial charge in [-0.1, -0.05) is 66.7 Å². The summed E-state index contributed by atoms with van der Waals surface area (Å²) in [5.41, 5.74) is 9.07. The normalized spacial score (nSPS) is 15.4. The van der Waals surface area contributed by atoms with Crippen LogP contribution in [-0.4, -0.2) is 23.3 Å². The van der Waals surface area contributed by atoms with Gasteiger partial charge in [0.2, 0.25) is 0 Å². The zero-order chi connectivity index (χ0) is 19.3. The van der Waals surface area contributed by atoms with Crippen molar-refractivity contribution in [2.75, 3.05) is 6.54 Å². The summed E-state index contributed by atoms with van der Waals surface area (Å²) < 4.78 is 0. The first kappa shape index (κ1) is 17.9. The molecule has 0 aliphatic carbocycles. The van der Waals surface area contributed by atoms with Crippen molar-refractivity contribution in [1.82, 2.24) is 15.8 Å². The van der Waals surface area contributed by atoms with Gasteiger partial charge in [0.15, 0.2) is 0 Å². The third kappa shape index (κ3) is 3.66. The Morgan fingerprint density at radius 3 is 2.25 bits per heavy atom. The standard InChI is InChI=1S/C23H21N3O2/c27-22(18-11-5-2-6-12-18)25-24-21-19-13-7-8-14-20(19)23(28)26(21)16-15-17-9-3-1-4-10-17/h1-14,21,24H,15-16H2,(H,25,27). The number of nitrogens with zero attached hydrogens (tertiary/aromatic N) is 1. The summed E-state index contributed by atoms with van der Waals surface area (Å²) in [5.74, 6) is -0.265. The number of fused-ring (bicyclic) bond motifs is 1. The van der Waals surface area contributed by atoms with Crippen molar-refractivity contribution < 1.29 is 9.59 Å². The number of benzene rings is 3. The Morgan fingerprint density at radius 2 is 1.50 bits per heavy atom. The average molecular weight is 371 g/mol. The highest BCUT2D eigenvalue weighted by Gasteiger charge is 2.36.